The molecule has 146 valence electrons. The molecular weight excluding hydrogens is 336 g/mol. The Morgan fingerprint density at radius 1 is 1.11 bits per heavy atom. The quantitative estimate of drug-likeness (QED) is 0.851. The van der Waals surface area contributed by atoms with E-state index in [0.29, 0.717) is 6.54 Å². The van der Waals surface area contributed by atoms with Crippen molar-refractivity contribution in [1.29, 1.82) is 0 Å². The van der Waals surface area contributed by atoms with Crippen LogP contribution in [0.2, 0.25) is 0 Å². The summed E-state index contributed by atoms with van der Waals surface area (Å²) in [5.41, 5.74) is 4.41. The number of nitrogens with one attached hydrogen (secondary N) is 1. The minimum atomic E-state index is -0.0124. The molecule has 2 heterocycles. The van der Waals surface area contributed by atoms with Crippen molar-refractivity contribution in [2.24, 2.45) is 11.8 Å². The molecule has 1 aromatic heterocycles. The molecule has 27 heavy (non-hydrogen) atoms. The Hall–Kier alpha value is -2.14. The van der Waals surface area contributed by atoms with E-state index in [1.165, 1.54) is 25.1 Å². The van der Waals surface area contributed by atoms with Gasteiger partial charge in [-0.1, -0.05) is 38.1 Å². The molecule has 5 nitrogen and oxygen atoms in total. The lowest BCUT2D eigenvalue weighted by Crippen LogP contribution is -2.38. The molecule has 1 fully saturated rings. The Morgan fingerprint density at radius 3 is 2.33 bits per heavy atom. The number of hydrogen-bond acceptors (Lipinski definition) is 3. The largest absolute Gasteiger partial charge is 0.350 e. The zero-order valence-electron chi connectivity index (χ0n) is 17.0. The number of piperidine rings is 1. The fraction of sp³-hybridized carbons (Fsp3) is 0.545. The van der Waals surface area contributed by atoms with E-state index in [0.717, 1.165) is 35.3 Å². The number of hydrogen-bond donors (Lipinski definition) is 1. The predicted molar refractivity (Wildman–Crippen MR) is 108 cm³/mol. The second-order valence-electron chi connectivity index (χ2n) is 8.32. The molecule has 0 bridgehead atoms. The Bertz CT molecular complexity index is 755. The summed E-state index contributed by atoms with van der Waals surface area (Å²) in [6, 6.07) is 10.6. The van der Waals surface area contributed by atoms with Crippen LogP contribution < -0.4 is 5.32 Å². The Kier molecular flexibility index (Phi) is 6.32. The van der Waals surface area contributed by atoms with Gasteiger partial charge in [-0.15, -0.1) is 0 Å². The molecular formula is C22H32N4O. The first-order valence-corrected chi connectivity index (χ1v) is 9.97. The van der Waals surface area contributed by atoms with Gasteiger partial charge in [-0.25, -0.2) is 0 Å². The van der Waals surface area contributed by atoms with Gasteiger partial charge in [0.15, 0.2) is 0 Å². The van der Waals surface area contributed by atoms with Gasteiger partial charge in [0.05, 0.1) is 5.69 Å². The van der Waals surface area contributed by atoms with Crippen LogP contribution in [-0.2, 0) is 24.4 Å². The van der Waals surface area contributed by atoms with E-state index in [1.54, 1.807) is 4.68 Å². The van der Waals surface area contributed by atoms with Crippen LogP contribution in [0.1, 0.15) is 42.8 Å². The Labute approximate surface area is 162 Å². The maximum absolute atomic E-state index is 12.2. The third-order valence-corrected chi connectivity index (χ3v) is 5.26. The van der Waals surface area contributed by atoms with Crippen LogP contribution in [0.25, 0.3) is 0 Å². The van der Waals surface area contributed by atoms with E-state index in [4.69, 9.17) is 0 Å². The number of aryl methyl sites for hydroxylation is 2. The first-order valence-electron chi connectivity index (χ1n) is 9.97. The van der Waals surface area contributed by atoms with Crippen molar-refractivity contribution in [3.05, 3.63) is 52.8 Å². The maximum Gasteiger partial charge on any atom is 0.242 e. The molecule has 2 aromatic rings. The SMILES string of the molecule is Cc1cc(C)n(CC(=O)NCc2ccc(CN3C[C@H](C)C[C@H](C)C3)cc2)n1. The van der Waals surface area contributed by atoms with Gasteiger partial charge in [0.25, 0.3) is 0 Å². The summed E-state index contributed by atoms with van der Waals surface area (Å²) in [7, 11) is 0. The van der Waals surface area contributed by atoms with Crippen LogP contribution in [0.4, 0.5) is 0 Å². The zero-order chi connectivity index (χ0) is 19.4. The van der Waals surface area contributed by atoms with E-state index in [2.05, 4.69) is 53.4 Å². The van der Waals surface area contributed by atoms with Crippen LogP contribution in [0.15, 0.2) is 30.3 Å². The molecule has 3 rings (SSSR count). The van der Waals surface area contributed by atoms with Gasteiger partial charge in [-0.2, -0.15) is 5.10 Å². The average Bonchev–Trinajstić information content (AvgIpc) is 2.90. The molecule has 1 aliphatic rings. The van der Waals surface area contributed by atoms with Crippen LogP contribution in [0.3, 0.4) is 0 Å². The standard InChI is InChI=1S/C22H32N4O/c1-16-9-17(2)13-25(12-16)14-21-7-5-20(6-8-21)11-23-22(27)15-26-19(4)10-18(3)24-26/h5-8,10,16-17H,9,11-15H2,1-4H3,(H,23,27)/t16-,17+. The second kappa shape index (κ2) is 8.70. The third-order valence-electron chi connectivity index (χ3n) is 5.26. The van der Waals surface area contributed by atoms with Gasteiger partial charge in [0.2, 0.25) is 5.91 Å². The Morgan fingerprint density at radius 2 is 1.74 bits per heavy atom. The number of carbonyl (C=O) groups is 1. The number of amides is 1. The number of rotatable bonds is 6. The molecule has 5 heteroatoms. The van der Waals surface area contributed by atoms with Gasteiger partial charge in [0.1, 0.15) is 6.54 Å². The van der Waals surface area contributed by atoms with E-state index in [9.17, 15) is 4.79 Å². The van der Waals surface area contributed by atoms with E-state index in [-0.39, 0.29) is 12.5 Å². The number of benzene rings is 1. The summed E-state index contributed by atoms with van der Waals surface area (Å²) >= 11 is 0. The van der Waals surface area contributed by atoms with Gasteiger partial charge >= 0.3 is 0 Å². The monoisotopic (exact) mass is 368 g/mol. The van der Waals surface area contributed by atoms with Crippen molar-refractivity contribution in [1.82, 2.24) is 20.0 Å². The molecule has 1 amide bonds. The first-order chi connectivity index (χ1) is 12.9. The summed E-state index contributed by atoms with van der Waals surface area (Å²) in [5.74, 6) is 1.55. The summed E-state index contributed by atoms with van der Waals surface area (Å²) in [6.07, 6.45) is 1.34. The molecule has 1 saturated heterocycles. The van der Waals surface area contributed by atoms with Crippen LogP contribution in [-0.4, -0.2) is 33.7 Å². The van der Waals surface area contributed by atoms with E-state index >= 15 is 0 Å². The minimum absolute atomic E-state index is 0.0124. The van der Waals surface area contributed by atoms with Gasteiger partial charge < -0.3 is 5.32 Å². The van der Waals surface area contributed by atoms with E-state index < -0.39 is 0 Å². The molecule has 1 aliphatic heterocycles. The summed E-state index contributed by atoms with van der Waals surface area (Å²) in [5, 5.41) is 7.32. The van der Waals surface area contributed by atoms with Crippen molar-refractivity contribution in [2.45, 2.75) is 53.8 Å². The normalized spacial score (nSPS) is 20.6. The van der Waals surface area contributed by atoms with Gasteiger partial charge in [-0.05, 0) is 49.3 Å². The predicted octanol–water partition coefficient (Wildman–Crippen LogP) is 3.29. The zero-order valence-corrected chi connectivity index (χ0v) is 17.0. The highest BCUT2D eigenvalue weighted by molar-refractivity contribution is 5.75. The van der Waals surface area contributed by atoms with Gasteiger partial charge in [-0.3, -0.25) is 14.4 Å². The topological polar surface area (TPSA) is 50.2 Å². The van der Waals surface area contributed by atoms with Crippen molar-refractivity contribution in [3.8, 4) is 0 Å². The van der Waals surface area contributed by atoms with Crippen molar-refractivity contribution >= 4 is 5.91 Å². The molecule has 0 aliphatic carbocycles. The van der Waals surface area contributed by atoms with Gasteiger partial charge in [0, 0.05) is 31.9 Å². The lowest BCUT2D eigenvalue weighted by atomic mass is 9.91. The number of aromatic nitrogens is 2. The molecule has 0 saturated carbocycles. The highest BCUT2D eigenvalue weighted by Crippen LogP contribution is 2.22. The van der Waals surface area contributed by atoms with Crippen LogP contribution in [0.5, 0.6) is 0 Å². The second-order valence-corrected chi connectivity index (χ2v) is 8.32. The smallest absolute Gasteiger partial charge is 0.242 e. The summed E-state index contributed by atoms with van der Waals surface area (Å²) < 4.78 is 1.74. The van der Waals surface area contributed by atoms with Crippen molar-refractivity contribution in [3.63, 3.8) is 0 Å². The highest BCUT2D eigenvalue weighted by Gasteiger charge is 2.21. The molecule has 1 aromatic carbocycles. The number of likely N-dealkylation sites (tertiary alicyclic amines) is 1. The summed E-state index contributed by atoms with van der Waals surface area (Å²) in [6.45, 7) is 12.8. The molecule has 0 radical (unpaired) electrons. The van der Waals surface area contributed by atoms with Crippen molar-refractivity contribution in [2.75, 3.05) is 13.1 Å². The lowest BCUT2D eigenvalue weighted by molar-refractivity contribution is -0.122. The van der Waals surface area contributed by atoms with Crippen LogP contribution in [0, 0.1) is 25.7 Å². The minimum Gasteiger partial charge on any atom is -0.350 e. The fourth-order valence-corrected chi connectivity index (χ4v) is 4.17. The third kappa shape index (κ3) is 5.67. The lowest BCUT2D eigenvalue weighted by Gasteiger charge is -2.35. The average molecular weight is 369 g/mol. The number of nitrogens with zero attached hydrogens (tertiary/aromatic N) is 3. The molecule has 2 atom stereocenters. The molecule has 1 N–H and O–H groups in total. The number of carbonyl (C=O) groups excluding carboxylic acids is 1. The maximum atomic E-state index is 12.2. The van der Waals surface area contributed by atoms with Crippen molar-refractivity contribution < 1.29 is 4.79 Å². The molecule has 0 unspecified atom stereocenters. The highest BCUT2D eigenvalue weighted by atomic mass is 16.2. The first kappa shape index (κ1) is 19.6. The molecule has 0 spiro atoms. The summed E-state index contributed by atoms with van der Waals surface area (Å²) in [4.78, 5) is 14.7. The fourth-order valence-electron chi connectivity index (χ4n) is 4.17. The Balaban J connectivity index is 1.47. The van der Waals surface area contributed by atoms with Crippen LogP contribution >= 0.6 is 0 Å². The van der Waals surface area contributed by atoms with E-state index in [1.807, 2.05) is 19.9 Å².